The third kappa shape index (κ3) is 4.43. The molecule has 0 saturated carbocycles. The van der Waals surface area contributed by atoms with Crippen molar-refractivity contribution in [3.05, 3.63) is 35.4 Å². The number of benzene rings is 1. The van der Waals surface area contributed by atoms with Gasteiger partial charge in [0.25, 0.3) is 0 Å². The van der Waals surface area contributed by atoms with Crippen molar-refractivity contribution < 1.29 is 0 Å². The number of rotatable bonds is 4. The van der Waals surface area contributed by atoms with Crippen LogP contribution in [0.3, 0.4) is 0 Å². The average Bonchev–Trinajstić information content (AvgIpc) is 2.74. The van der Waals surface area contributed by atoms with Crippen molar-refractivity contribution >= 4 is 24.8 Å². The first-order valence-electron chi connectivity index (χ1n) is 6.32. The molecule has 0 spiro atoms. The standard InChI is InChI=1S/C14H22N2.2ClH/c1-12-5-2-6-13(11-12)14-7-3-9-16(14)10-4-8-15;;/h2,5-6,11,14H,3-4,7-10,15H2,1H3;2*1H. The van der Waals surface area contributed by atoms with Crippen molar-refractivity contribution in [1.29, 1.82) is 0 Å². The second kappa shape index (κ2) is 8.76. The van der Waals surface area contributed by atoms with Crippen LogP contribution in [0.1, 0.15) is 36.4 Å². The molecule has 0 amide bonds. The molecule has 2 N–H and O–H groups in total. The first-order valence-corrected chi connectivity index (χ1v) is 6.32. The van der Waals surface area contributed by atoms with Crippen LogP contribution in [-0.2, 0) is 0 Å². The Kier molecular flexibility index (Phi) is 8.62. The van der Waals surface area contributed by atoms with Crippen molar-refractivity contribution in [3.8, 4) is 0 Å². The van der Waals surface area contributed by atoms with Gasteiger partial charge in [0.2, 0.25) is 0 Å². The summed E-state index contributed by atoms with van der Waals surface area (Å²) >= 11 is 0. The molecule has 1 aromatic rings. The van der Waals surface area contributed by atoms with Crippen LogP contribution in [0.25, 0.3) is 0 Å². The van der Waals surface area contributed by atoms with Crippen LogP contribution in [0.2, 0.25) is 0 Å². The maximum atomic E-state index is 5.59. The fraction of sp³-hybridized carbons (Fsp3) is 0.571. The second-order valence-electron chi connectivity index (χ2n) is 4.75. The summed E-state index contributed by atoms with van der Waals surface area (Å²) < 4.78 is 0. The summed E-state index contributed by atoms with van der Waals surface area (Å²) in [7, 11) is 0. The first-order chi connectivity index (χ1) is 7.81. The Hall–Kier alpha value is -0.280. The van der Waals surface area contributed by atoms with Crippen molar-refractivity contribution in [3.63, 3.8) is 0 Å². The molecule has 1 atom stereocenters. The van der Waals surface area contributed by atoms with Crippen LogP contribution < -0.4 is 5.73 Å². The van der Waals surface area contributed by atoms with Crippen LogP contribution in [0.4, 0.5) is 0 Å². The summed E-state index contributed by atoms with van der Waals surface area (Å²) in [6.45, 7) is 5.35. The summed E-state index contributed by atoms with van der Waals surface area (Å²) in [6, 6.07) is 9.56. The van der Waals surface area contributed by atoms with Gasteiger partial charge in [-0.3, -0.25) is 4.90 Å². The van der Waals surface area contributed by atoms with E-state index in [0.29, 0.717) is 6.04 Å². The van der Waals surface area contributed by atoms with Crippen molar-refractivity contribution in [2.45, 2.75) is 32.2 Å². The van der Waals surface area contributed by atoms with Crippen molar-refractivity contribution in [2.24, 2.45) is 5.73 Å². The highest BCUT2D eigenvalue weighted by Crippen LogP contribution is 2.31. The number of likely N-dealkylation sites (tertiary alicyclic amines) is 1. The Labute approximate surface area is 123 Å². The zero-order valence-corrected chi connectivity index (χ0v) is 12.6. The monoisotopic (exact) mass is 290 g/mol. The van der Waals surface area contributed by atoms with Crippen molar-refractivity contribution in [1.82, 2.24) is 4.90 Å². The lowest BCUT2D eigenvalue weighted by atomic mass is 10.0. The summed E-state index contributed by atoms with van der Waals surface area (Å²) in [5.74, 6) is 0. The van der Waals surface area contributed by atoms with E-state index in [-0.39, 0.29) is 24.8 Å². The molecule has 1 saturated heterocycles. The summed E-state index contributed by atoms with van der Waals surface area (Å²) in [5.41, 5.74) is 8.43. The third-order valence-corrected chi connectivity index (χ3v) is 3.44. The van der Waals surface area contributed by atoms with Crippen LogP contribution in [0, 0.1) is 6.92 Å². The van der Waals surface area contributed by atoms with Crippen molar-refractivity contribution in [2.75, 3.05) is 19.6 Å². The van der Waals surface area contributed by atoms with Gasteiger partial charge in [-0.05, 0) is 51.4 Å². The minimum atomic E-state index is 0. The Morgan fingerprint density at radius 1 is 1.33 bits per heavy atom. The van der Waals surface area contributed by atoms with Crippen LogP contribution in [0.15, 0.2) is 24.3 Å². The molecule has 0 bridgehead atoms. The quantitative estimate of drug-likeness (QED) is 0.922. The molecule has 2 rings (SSSR count). The van der Waals surface area contributed by atoms with Crippen LogP contribution in [-0.4, -0.2) is 24.5 Å². The molecule has 4 heteroatoms. The van der Waals surface area contributed by atoms with E-state index in [4.69, 9.17) is 5.73 Å². The Balaban J connectivity index is 0.00000144. The number of halogens is 2. The van der Waals surface area contributed by atoms with Gasteiger partial charge in [-0.25, -0.2) is 0 Å². The lowest BCUT2D eigenvalue weighted by Gasteiger charge is -2.24. The molecule has 2 nitrogen and oxygen atoms in total. The molecule has 1 aliphatic rings. The third-order valence-electron chi connectivity index (χ3n) is 3.44. The van der Waals surface area contributed by atoms with Crippen LogP contribution >= 0.6 is 24.8 Å². The van der Waals surface area contributed by atoms with Gasteiger partial charge < -0.3 is 5.73 Å². The summed E-state index contributed by atoms with van der Waals surface area (Å²) in [6.07, 6.45) is 3.74. The largest absolute Gasteiger partial charge is 0.330 e. The fourth-order valence-electron chi connectivity index (χ4n) is 2.64. The molecule has 18 heavy (non-hydrogen) atoms. The highest BCUT2D eigenvalue weighted by Gasteiger charge is 2.24. The number of hydrogen-bond acceptors (Lipinski definition) is 2. The van der Waals surface area contributed by atoms with Gasteiger partial charge in [-0.1, -0.05) is 29.8 Å². The predicted molar refractivity (Wildman–Crippen MR) is 82.9 cm³/mol. The SMILES string of the molecule is Cc1cccc(C2CCCN2CCCN)c1.Cl.Cl. The molecule has 0 radical (unpaired) electrons. The molecule has 0 aromatic heterocycles. The molecule has 1 unspecified atom stereocenters. The predicted octanol–water partition coefficient (Wildman–Crippen LogP) is 3.32. The highest BCUT2D eigenvalue weighted by molar-refractivity contribution is 5.85. The van der Waals surface area contributed by atoms with Crippen LogP contribution in [0.5, 0.6) is 0 Å². The van der Waals surface area contributed by atoms with E-state index in [1.165, 1.54) is 30.5 Å². The zero-order valence-electron chi connectivity index (χ0n) is 11.0. The average molecular weight is 291 g/mol. The highest BCUT2D eigenvalue weighted by atomic mass is 35.5. The molecule has 1 heterocycles. The van der Waals surface area contributed by atoms with Gasteiger partial charge >= 0.3 is 0 Å². The number of nitrogens with zero attached hydrogens (tertiary/aromatic N) is 1. The molecular weight excluding hydrogens is 267 g/mol. The van der Waals surface area contributed by atoms with Gasteiger partial charge in [0.15, 0.2) is 0 Å². The number of aryl methyl sites for hydroxylation is 1. The van der Waals surface area contributed by atoms with Gasteiger partial charge in [-0.2, -0.15) is 0 Å². The normalized spacial score (nSPS) is 19.1. The van der Waals surface area contributed by atoms with Gasteiger partial charge in [0, 0.05) is 6.04 Å². The van der Waals surface area contributed by atoms with E-state index < -0.39 is 0 Å². The Bertz CT molecular complexity index is 344. The summed E-state index contributed by atoms with van der Waals surface area (Å²) in [4.78, 5) is 2.58. The lowest BCUT2D eigenvalue weighted by molar-refractivity contribution is 0.255. The maximum Gasteiger partial charge on any atom is 0.0348 e. The van der Waals surface area contributed by atoms with E-state index in [2.05, 4.69) is 36.1 Å². The van der Waals surface area contributed by atoms with Gasteiger partial charge in [0.05, 0.1) is 0 Å². The minimum absolute atomic E-state index is 0. The van der Waals surface area contributed by atoms with E-state index in [0.717, 1.165) is 19.5 Å². The zero-order chi connectivity index (χ0) is 11.4. The maximum absolute atomic E-state index is 5.59. The van der Waals surface area contributed by atoms with Gasteiger partial charge in [-0.15, -0.1) is 24.8 Å². The first kappa shape index (κ1) is 17.7. The minimum Gasteiger partial charge on any atom is -0.330 e. The molecule has 0 aliphatic carbocycles. The molecule has 1 aromatic carbocycles. The topological polar surface area (TPSA) is 29.3 Å². The molecular formula is C14H24Cl2N2. The van der Waals surface area contributed by atoms with E-state index in [9.17, 15) is 0 Å². The Morgan fingerprint density at radius 3 is 2.78 bits per heavy atom. The van der Waals surface area contributed by atoms with Gasteiger partial charge in [0.1, 0.15) is 0 Å². The number of hydrogen-bond donors (Lipinski definition) is 1. The fourth-order valence-corrected chi connectivity index (χ4v) is 2.64. The van der Waals surface area contributed by atoms with E-state index >= 15 is 0 Å². The Morgan fingerprint density at radius 2 is 2.11 bits per heavy atom. The molecule has 104 valence electrons. The summed E-state index contributed by atoms with van der Waals surface area (Å²) in [5, 5.41) is 0. The number of nitrogens with two attached hydrogens (primary N) is 1. The van der Waals surface area contributed by atoms with E-state index in [1.54, 1.807) is 0 Å². The molecule has 1 aliphatic heterocycles. The lowest BCUT2D eigenvalue weighted by Crippen LogP contribution is -2.26. The van der Waals surface area contributed by atoms with E-state index in [1.807, 2.05) is 0 Å². The molecule has 1 fully saturated rings. The smallest absolute Gasteiger partial charge is 0.0348 e. The second-order valence-corrected chi connectivity index (χ2v) is 4.75.